The van der Waals surface area contributed by atoms with Crippen LogP contribution in [0.4, 0.5) is 0 Å². The highest BCUT2D eigenvalue weighted by molar-refractivity contribution is 5.83. The molecule has 25 heavy (non-hydrogen) atoms. The van der Waals surface area contributed by atoms with Gasteiger partial charge in [0, 0.05) is 25.9 Å². The zero-order valence-corrected chi connectivity index (χ0v) is 15.5. The molecule has 0 radical (unpaired) electrons. The quantitative estimate of drug-likeness (QED) is 0.853. The maximum absolute atomic E-state index is 12.6. The van der Waals surface area contributed by atoms with Gasteiger partial charge in [0.2, 0.25) is 11.5 Å². The Kier molecular flexibility index (Phi) is 6.06. The summed E-state index contributed by atoms with van der Waals surface area (Å²) in [4.78, 5) is 28.2. The number of hydrogen-bond acceptors (Lipinski definition) is 4. The SMILES string of the molecule is CCN(C)[C@H](C)C(=O)N1CCC(Oc2ccccc2C)(C(=O)O)CC1. The lowest BCUT2D eigenvalue weighted by Crippen LogP contribution is -2.56. The zero-order chi connectivity index (χ0) is 18.6. The van der Waals surface area contributed by atoms with Gasteiger partial charge in [0.15, 0.2) is 0 Å². The molecule has 0 bridgehead atoms. The fraction of sp³-hybridized carbons (Fsp3) is 0.579. The van der Waals surface area contributed by atoms with Crippen molar-refractivity contribution in [3.05, 3.63) is 29.8 Å². The molecule has 1 atom stereocenters. The van der Waals surface area contributed by atoms with Gasteiger partial charge in [-0.05, 0) is 39.1 Å². The smallest absolute Gasteiger partial charge is 0.348 e. The maximum atomic E-state index is 12.6. The van der Waals surface area contributed by atoms with Gasteiger partial charge in [-0.2, -0.15) is 0 Å². The van der Waals surface area contributed by atoms with Gasteiger partial charge in [0.1, 0.15) is 5.75 Å². The highest BCUT2D eigenvalue weighted by Gasteiger charge is 2.45. The largest absolute Gasteiger partial charge is 0.478 e. The predicted octanol–water partition coefficient (Wildman–Crippen LogP) is 2.16. The van der Waals surface area contributed by atoms with Crippen LogP contribution in [0.15, 0.2) is 24.3 Å². The summed E-state index contributed by atoms with van der Waals surface area (Å²) in [6.07, 6.45) is 0.565. The number of nitrogens with zero attached hydrogens (tertiary/aromatic N) is 2. The Labute approximate surface area is 149 Å². The van der Waals surface area contributed by atoms with Crippen LogP contribution in [0.2, 0.25) is 0 Å². The van der Waals surface area contributed by atoms with Crippen LogP contribution in [0, 0.1) is 6.92 Å². The van der Waals surface area contributed by atoms with Gasteiger partial charge in [0.05, 0.1) is 6.04 Å². The van der Waals surface area contributed by atoms with Gasteiger partial charge in [-0.1, -0.05) is 25.1 Å². The summed E-state index contributed by atoms with van der Waals surface area (Å²) in [5, 5.41) is 9.76. The molecule has 1 aliphatic heterocycles. The molecule has 0 aromatic heterocycles. The minimum Gasteiger partial charge on any atom is -0.478 e. The van der Waals surface area contributed by atoms with Gasteiger partial charge in [-0.25, -0.2) is 4.79 Å². The zero-order valence-electron chi connectivity index (χ0n) is 15.5. The van der Waals surface area contributed by atoms with E-state index in [9.17, 15) is 14.7 Å². The summed E-state index contributed by atoms with van der Waals surface area (Å²) < 4.78 is 5.94. The lowest BCUT2D eigenvalue weighted by atomic mass is 9.90. The Bertz CT molecular complexity index is 624. The standard InChI is InChI=1S/C19H28N2O4/c1-5-20(4)15(3)17(22)21-12-10-19(11-13-21,18(23)24)25-16-9-7-6-8-14(16)2/h6-9,15H,5,10-13H2,1-4H3,(H,23,24)/t15-/m1/s1. The molecule has 0 spiro atoms. The van der Waals surface area contributed by atoms with Crippen molar-refractivity contribution in [3.63, 3.8) is 0 Å². The lowest BCUT2D eigenvalue weighted by molar-refractivity contribution is -0.162. The van der Waals surface area contributed by atoms with E-state index in [-0.39, 0.29) is 24.8 Å². The Morgan fingerprint density at radius 3 is 2.44 bits per heavy atom. The molecule has 6 heteroatoms. The second kappa shape index (κ2) is 7.87. The van der Waals surface area contributed by atoms with E-state index in [0.717, 1.165) is 12.1 Å². The summed E-state index contributed by atoms with van der Waals surface area (Å²) >= 11 is 0. The molecule has 1 N–H and O–H groups in total. The third-order valence-electron chi connectivity index (χ3n) is 5.19. The number of hydrogen-bond donors (Lipinski definition) is 1. The van der Waals surface area contributed by atoms with E-state index in [4.69, 9.17) is 4.74 Å². The van der Waals surface area contributed by atoms with Gasteiger partial charge in [-0.3, -0.25) is 9.69 Å². The number of carboxylic acid groups (broad SMARTS) is 1. The van der Waals surface area contributed by atoms with E-state index in [0.29, 0.717) is 18.8 Å². The van der Waals surface area contributed by atoms with Crippen LogP contribution in [0.3, 0.4) is 0 Å². The molecule has 1 heterocycles. The number of likely N-dealkylation sites (N-methyl/N-ethyl adjacent to an activating group) is 1. The average Bonchev–Trinajstić information content (AvgIpc) is 2.62. The van der Waals surface area contributed by atoms with Crippen molar-refractivity contribution in [3.8, 4) is 5.75 Å². The molecule has 1 aromatic carbocycles. The normalized spacial score (nSPS) is 18.0. The Morgan fingerprint density at radius 1 is 1.32 bits per heavy atom. The molecule has 1 amide bonds. The molecule has 138 valence electrons. The molecule has 0 saturated carbocycles. The number of benzene rings is 1. The first-order valence-corrected chi connectivity index (χ1v) is 8.78. The number of amides is 1. The van der Waals surface area contributed by atoms with E-state index in [1.165, 1.54) is 0 Å². The minimum atomic E-state index is -1.28. The van der Waals surface area contributed by atoms with Crippen molar-refractivity contribution >= 4 is 11.9 Å². The van der Waals surface area contributed by atoms with Crippen LogP contribution < -0.4 is 4.74 Å². The molecule has 1 aromatic rings. The molecule has 1 aliphatic rings. The fourth-order valence-corrected chi connectivity index (χ4v) is 3.06. The van der Waals surface area contributed by atoms with E-state index in [1.54, 1.807) is 11.0 Å². The third kappa shape index (κ3) is 4.12. The Balaban J connectivity index is 2.09. The topological polar surface area (TPSA) is 70.1 Å². The van der Waals surface area contributed by atoms with Crippen molar-refractivity contribution in [2.24, 2.45) is 0 Å². The number of likely N-dealkylation sites (tertiary alicyclic amines) is 1. The first-order valence-electron chi connectivity index (χ1n) is 8.78. The van der Waals surface area contributed by atoms with Crippen molar-refractivity contribution in [2.45, 2.75) is 45.3 Å². The van der Waals surface area contributed by atoms with E-state index < -0.39 is 11.6 Å². The van der Waals surface area contributed by atoms with Gasteiger partial charge in [0.25, 0.3) is 0 Å². The van der Waals surface area contributed by atoms with Crippen molar-refractivity contribution in [1.82, 2.24) is 9.80 Å². The second-order valence-electron chi connectivity index (χ2n) is 6.74. The number of para-hydroxylation sites is 1. The summed E-state index contributed by atoms with van der Waals surface area (Å²) in [6.45, 7) is 7.35. The number of aryl methyl sites for hydroxylation is 1. The first-order chi connectivity index (χ1) is 11.8. The third-order valence-corrected chi connectivity index (χ3v) is 5.19. The summed E-state index contributed by atoms with van der Waals surface area (Å²) in [5.74, 6) is -0.343. The van der Waals surface area contributed by atoms with Crippen LogP contribution in [0.1, 0.15) is 32.3 Å². The monoisotopic (exact) mass is 348 g/mol. The highest BCUT2D eigenvalue weighted by atomic mass is 16.5. The van der Waals surface area contributed by atoms with E-state index >= 15 is 0 Å². The molecule has 0 unspecified atom stereocenters. The number of piperidine rings is 1. The molecule has 6 nitrogen and oxygen atoms in total. The van der Waals surface area contributed by atoms with Crippen LogP contribution in [-0.4, -0.2) is 65.1 Å². The number of carboxylic acids is 1. The van der Waals surface area contributed by atoms with Crippen molar-refractivity contribution in [1.29, 1.82) is 0 Å². The van der Waals surface area contributed by atoms with Crippen LogP contribution in [0.25, 0.3) is 0 Å². The van der Waals surface area contributed by atoms with Crippen LogP contribution in [-0.2, 0) is 9.59 Å². The van der Waals surface area contributed by atoms with E-state index in [2.05, 4.69) is 0 Å². The van der Waals surface area contributed by atoms with Gasteiger partial charge >= 0.3 is 5.97 Å². The van der Waals surface area contributed by atoms with E-state index in [1.807, 2.05) is 50.9 Å². The Morgan fingerprint density at radius 2 is 1.92 bits per heavy atom. The summed E-state index contributed by atoms with van der Waals surface area (Å²) in [6, 6.07) is 7.20. The molecule has 0 aliphatic carbocycles. The highest BCUT2D eigenvalue weighted by Crippen LogP contribution is 2.31. The molecule has 2 rings (SSSR count). The van der Waals surface area contributed by atoms with Crippen LogP contribution >= 0.6 is 0 Å². The number of aliphatic carboxylic acids is 1. The number of carbonyl (C=O) groups is 2. The summed E-state index contributed by atoms with van der Waals surface area (Å²) in [7, 11) is 1.91. The van der Waals surface area contributed by atoms with Crippen molar-refractivity contribution in [2.75, 3.05) is 26.7 Å². The number of rotatable bonds is 6. The Hall–Kier alpha value is -2.08. The first kappa shape index (κ1) is 19.2. The minimum absolute atomic E-state index is 0.0410. The molecular formula is C19H28N2O4. The molecular weight excluding hydrogens is 320 g/mol. The average molecular weight is 348 g/mol. The van der Waals surface area contributed by atoms with Gasteiger partial charge in [-0.15, -0.1) is 0 Å². The fourth-order valence-electron chi connectivity index (χ4n) is 3.06. The predicted molar refractivity (Wildman–Crippen MR) is 95.8 cm³/mol. The number of ether oxygens (including phenoxy) is 1. The summed E-state index contributed by atoms with van der Waals surface area (Å²) in [5.41, 5.74) is -0.372. The van der Waals surface area contributed by atoms with Crippen molar-refractivity contribution < 1.29 is 19.4 Å². The molecule has 1 saturated heterocycles. The molecule has 1 fully saturated rings. The van der Waals surface area contributed by atoms with Gasteiger partial charge < -0.3 is 14.7 Å². The lowest BCUT2D eigenvalue weighted by Gasteiger charge is -2.40. The number of carbonyl (C=O) groups excluding carboxylic acids is 1. The second-order valence-corrected chi connectivity index (χ2v) is 6.74. The van der Waals surface area contributed by atoms with Crippen LogP contribution in [0.5, 0.6) is 5.75 Å². The maximum Gasteiger partial charge on any atom is 0.348 e.